The molecule has 0 saturated heterocycles. The van der Waals surface area contributed by atoms with Gasteiger partial charge in [-0.15, -0.1) is 11.8 Å². The highest BCUT2D eigenvalue weighted by atomic mass is 32.2. The fourth-order valence-corrected chi connectivity index (χ4v) is 2.58. The number of carbonyl (C=O) groups excluding carboxylic acids is 2. The van der Waals surface area contributed by atoms with Gasteiger partial charge in [-0.25, -0.2) is 0 Å². The third-order valence-corrected chi connectivity index (χ3v) is 4.06. The second-order valence-electron chi connectivity index (χ2n) is 4.83. The van der Waals surface area contributed by atoms with Gasteiger partial charge in [0, 0.05) is 23.8 Å². The Labute approximate surface area is 139 Å². The molecule has 0 radical (unpaired) electrons. The number of pyridine rings is 1. The highest BCUT2D eigenvalue weighted by molar-refractivity contribution is 8.00. The van der Waals surface area contributed by atoms with Gasteiger partial charge in [0.05, 0.1) is 12.3 Å². The molecule has 0 atom stereocenters. The first-order valence-corrected chi connectivity index (χ1v) is 8.33. The highest BCUT2D eigenvalue weighted by Crippen LogP contribution is 2.15. The maximum Gasteiger partial charge on any atom is 0.239 e. The lowest BCUT2D eigenvalue weighted by Gasteiger charge is -2.07. The first-order valence-electron chi connectivity index (χ1n) is 7.34. The van der Waals surface area contributed by atoms with Crippen LogP contribution >= 0.6 is 11.8 Å². The molecule has 2 amide bonds. The van der Waals surface area contributed by atoms with Crippen molar-refractivity contribution in [2.45, 2.75) is 11.3 Å². The van der Waals surface area contributed by atoms with Crippen molar-refractivity contribution in [1.29, 1.82) is 0 Å². The molecule has 1 aromatic heterocycles. The van der Waals surface area contributed by atoms with Crippen molar-refractivity contribution in [3.8, 4) is 0 Å². The van der Waals surface area contributed by atoms with Crippen LogP contribution in [-0.2, 0) is 16.0 Å². The average molecular weight is 329 g/mol. The van der Waals surface area contributed by atoms with Crippen molar-refractivity contribution < 1.29 is 9.59 Å². The Kier molecular flexibility index (Phi) is 7.13. The van der Waals surface area contributed by atoms with Crippen molar-refractivity contribution in [2.24, 2.45) is 0 Å². The molecule has 120 valence electrons. The van der Waals surface area contributed by atoms with E-state index in [0.717, 1.165) is 11.3 Å². The zero-order valence-electron chi connectivity index (χ0n) is 12.7. The fourth-order valence-electron chi connectivity index (χ4n) is 1.87. The van der Waals surface area contributed by atoms with Crippen LogP contribution in [0.4, 0.5) is 0 Å². The fraction of sp³-hybridized carbons (Fsp3) is 0.235. The van der Waals surface area contributed by atoms with Crippen molar-refractivity contribution in [2.75, 3.05) is 18.8 Å². The third kappa shape index (κ3) is 6.97. The van der Waals surface area contributed by atoms with E-state index in [9.17, 15) is 9.59 Å². The van der Waals surface area contributed by atoms with E-state index in [-0.39, 0.29) is 24.1 Å². The molecule has 0 aliphatic carbocycles. The molecule has 0 saturated carbocycles. The van der Waals surface area contributed by atoms with Crippen LogP contribution in [-0.4, -0.2) is 35.6 Å². The number of hydrogen-bond acceptors (Lipinski definition) is 4. The summed E-state index contributed by atoms with van der Waals surface area (Å²) in [6.45, 7) is 0.564. The molecular formula is C17H19N3O2S. The molecular weight excluding hydrogens is 310 g/mol. The number of rotatable bonds is 8. The van der Waals surface area contributed by atoms with Gasteiger partial charge in [0.15, 0.2) is 0 Å². The predicted octanol–water partition coefficient (Wildman–Crippen LogP) is 1.65. The SMILES string of the molecule is O=C(CNC(=O)CSc1ccncc1)NCCc1ccccc1. The zero-order chi connectivity index (χ0) is 16.3. The molecule has 0 bridgehead atoms. The van der Waals surface area contributed by atoms with E-state index < -0.39 is 0 Å². The van der Waals surface area contributed by atoms with Crippen molar-refractivity contribution >= 4 is 23.6 Å². The number of benzene rings is 1. The number of carbonyl (C=O) groups is 2. The van der Waals surface area contributed by atoms with Crippen LogP contribution in [0.5, 0.6) is 0 Å². The van der Waals surface area contributed by atoms with Crippen LogP contribution in [0, 0.1) is 0 Å². The van der Waals surface area contributed by atoms with Gasteiger partial charge in [-0.2, -0.15) is 0 Å². The van der Waals surface area contributed by atoms with Crippen molar-refractivity contribution in [1.82, 2.24) is 15.6 Å². The monoisotopic (exact) mass is 329 g/mol. The summed E-state index contributed by atoms with van der Waals surface area (Å²) in [5, 5.41) is 5.41. The van der Waals surface area contributed by atoms with Crippen molar-refractivity contribution in [3.63, 3.8) is 0 Å². The smallest absolute Gasteiger partial charge is 0.239 e. The lowest BCUT2D eigenvalue weighted by atomic mass is 10.1. The van der Waals surface area contributed by atoms with Crippen LogP contribution in [0.3, 0.4) is 0 Å². The summed E-state index contributed by atoms with van der Waals surface area (Å²) in [7, 11) is 0. The molecule has 0 unspecified atom stereocenters. The van der Waals surface area contributed by atoms with E-state index >= 15 is 0 Å². The Hall–Kier alpha value is -2.34. The van der Waals surface area contributed by atoms with Gasteiger partial charge in [0.2, 0.25) is 11.8 Å². The van der Waals surface area contributed by atoms with Gasteiger partial charge >= 0.3 is 0 Å². The first-order chi connectivity index (χ1) is 11.2. The summed E-state index contributed by atoms with van der Waals surface area (Å²) in [6.07, 6.45) is 4.14. The summed E-state index contributed by atoms with van der Waals surface area (Å²) in [4.78, 5) is 28.2. The van der Waals surface area contributed by atoms with Gasteiger partial charge in [0.1, 0.15) is 0 Å². The Morgan fingerprint density at radius 2 is 1.70 bits per heavy atom. The minimum absolute atomic E-state index is 0.00449. The van der Waals surface area contributed by atoms with E-state index in [1.54, 1.807) is 12.4 Å². The lowest BCUT2D eigenvalue weighted by molar-refractivity contribution is -0.124. The summed E-state index contributed by atoms with van der Waals surface area (Å²) >= 11 is 1.41. The van der Waals surface area contributed by atoms with E-state index in [1.165, 1.54) is 17.3 Å². The maximum atomic E-state index is 11.7. The number of thioether (sulfide) groups is 1. The quantitative estimate of drug-likeness (QED) is 0.723. The predicted molar refractivity (Wildman–Crippen MR) is 91.1 cm³/mol. The second-order valence-corrected chi connectivity index (χ2v) is 5.88. The molecule has 0 aliphatic heterocycles. The molecule has 2 N–H and O–H groups in total. The van der Waals surface area contributed by atoms with E-state index in [2.05, 4.69) is 15.6 Å². The Morgan fingerprint density at radius 1 is 0.957 bits per heavy atom. The molecule has 5 nitrogen and oxygen atoms in total. The number of hydrogen-bond donors (Lipinski definition) is 2. The lowest BCUT2D eigenvalue weighted by Crippen LogP contribution is -2.38. The van der Waals surface area contributed by atoms with Crippen LogP contribution in [0.2, 0.25) is 0 Å². The second kappa shape index (κ2) is 9.63. The number of nitrogens with zero attached hydrogens (tertiary/aromatic N) is 1. The maximum absolute atomic E-state index is 11.7. The normalized spacial score (nSPS) is 10.1. The van der Waals surface area contributed by atoms with Gasteiger partial charge in [0.25, 0.3) is 0 Å². The molecule has 2 aromatic rings. The molecule has 0 fully saturated rings. The zero-order valence-corrected chi connectivity index (χ0v) is 13.5. The summed E-state index contributed by atoms with van der Waals surface area (Å²) in [5.74, 6) is -0.0605. The van der Waals surface area contributed by atoms with E-state index in [1.807, 2.05) is 42.5 Å². The van der Waals surface area contributed by atoms with Crippen LogP contribution in [0.15, 0.2) is 59.8 Å². The molecule has 2 rings (SSSR count). The Bertz CT molecular complexity index is 620. The number of nitrogens with one attached hydrogen (secondary N) is 2. The van der Waals surface area contributed by atoms with E-state index in [0.29, 0.717) is 6.54 Å². The van der Waals surface area contributed by atoms with Crippen LogP contribution in [0.25, 0.3) is 0 Å². The van der Waals surface area contributed by atoms with E-state index in [4.69, 9.17) is 0 Å². The van der Waals surface area contributed by atoms with Crippen molar-refractivity contribution in [3.05, 3.63) is 60.4 Å². The van der Waals surface area contributed by atoms with Gasteiger partial charge in [-0.3, -0.25) is 14.6 Å². The number of amides is 2. The average Bonchev–Trinajstić information content (AvgIpc) is 2.60. The first kappa shape index (κ1) is 17.0. The number of aromatic nitrogens is 1. The van der Waals surface area contributed by atoms with Crippen LogP contribution in [0.1, 0.15) is 5.56 Å². The van der Waals surface area contributed by atoms with Gasteiger partial charge in [-0.1, -0.05) is 30.3 Å². The molecule has 23 heavy (non-hydrogen) atoms. The Morgan fingerprint density at radius 3 is 2.43 bits per heavy atom. The molecule has 0 aliphatic rings. The topological polar surface area (TPSA) is 71.1 Å². The molecule has 6 heteroatoms. The molecule has 1 aromatic carbocycles. The summed E-state index contributed by atoms with van der Waals surface area (Å²) < 4.78 is 0. The van der Waals surface area contributed by atoms with Gasteiger partial charge in [-0.05, 0) is 24.1 Å². The summed E-state index contributed by atoms with van der Waals surface area (Å²) in [5.41, 5.74) is 1.17. The highest BCUT2D eigenvalue weighted by Gasteiger charge is 2.06. The Balaban J connectivity index is 1.57. The summed E-state index contributed by atoms with van der Waals surface area (Å²) in [6, 6.07) is 13.6. The largest absolute Gasteiger partial charge is 0.354 e. The minimum atomic E-state index is -0.178. The standard InChI is InChI=1S/C17H19N3O2S/c21-16(19-11-6-14-4-2-1-3-5-14)12-20-17(22)13-23-15-7-9-18-10-8-15/h1-5,7-10H,6,11-13H2,(H,19,21)(H,20,22). The molecule has 0 spiro atoms. The minimum Gasteiger partial charge on any atom is -0.354 e. The third-order valence-electron chi connectivity index (χ3n) is 3.04. The van der Waals surface area contributed by atoms with Crippen LogP contribution < -0.4 is 10.6 Å². The molecule has 1 heterocycles. The van der Waals surface area contributed by atoms with Gasteiger partial charge < -0.3 is 10.6 Å².